The summed E-state index contributed by atoms with van der Waals surface area (Å²) in [5.74, 6) is 0.139. The first-order valence-electron chi connectivity index (χ1n) is 9.06. The Morgan fingerprint density at radius 2 is 2.12 bits per heavy atom. The molecule has 1 aromatic heterocycles. The van der Waals surface area contributed by atoms with Gasteiger partial charge in [-0.2, -0.15) is 5.10 Å². The topological polar surface area (TPSA) is 58.4 Å². The fourth-order valence-corrected chi connectivity index (χ4v) is 4.01. The number of amides is 2. The lowest BCUT2D eigenvalue weighted by Crippen LogP contribution is -2.38. The molecule has 1 aliphatic heterocycles. The van der Waals surface area contributed by atoms with E-state index in [9.17, 15) is 9.59 Å². The van der Waals surface area contributed by atoms with E-state index in [-0.39, 0.29) is 17.7 Å². The molecule has 0 radical (unpaired) electrons. The number of carbonyl (C=O) groups excluding carboxylic acids is 2. The van der Waals surface area contributed by atoms with Crippen LogP contribution in [0.1, 0.15) is 44.1 Å². The van der Waals surface area contributed by atoms with Crippen LogP contribution in [0.3, 0.4) is 0 Å². The van der Waals surface area contributed by atoms with Gasteiger partial charge < -0.3 is 9.80 Å². The van der Waals surface area contributed by atoms with Crippen LogP contribution in [0.4, 0.5) is 0 Å². The molecule has 2 heterocycles. The summed E-state index contributed by atoms with van der Waals surface area (Å²) in [4.78, 5) is 28.6. The molecule has 1 atom stereocenters. The molecule has 6 nitrogen and oxygen atoms in total. The normalized spacial score (nSPS) is 21.7. The minimum absolute atomic E-state index is 0.120. The first-order valence-corrected chi connectivity index (χ1v) is 9.06. The average Bonchev–Trinajstić information content (AvgIpc) is 3.27. The largest absolute Gasteiger partial charge is 0.345 e. The summed E-state index contributed by atoms with van der Waals surface area (Å²) >= 11 is 0. The zero-order valence-corrected chi connectivity index (χ0v) is 14.8. The molecular weight excluding hydrogens is 304 g/mol. The van der Waals surface area contributed by atoms with E-state index in [2.05, 4.69) is 5.10 Å². The van der Waals surface area contributed by atoms with E-state index in [1.54, 1.807) is 9.58 Å². The van der Waals surface area contributed by atoms with Gasteiger partial charge in [0.15, 0.2) is 0 Å². The van der Waals surface area contributed by atoms with Crippen LogP contribution in [0.25, 0.3) is 0 Å². The van der Waals surface area contributed by atoms with Crippen molar-refractivity contribution in [2.75, 3.05) is 20.1 Å². The van der Waals surface area contributed by atoms with E-state index in [0.29, 0.717) is 19.0 Å². The number of likely N-dealkylation sites (tertiary alicyclic amines) is 1. The van der Waals surface area contributed by atoms with Crippen LogP contribution in [0.15, 0.2) is 12.4 Å². The van der Waals surface area contributed by atoms with Gasteiger partial charge in [0, 0.05) is 45.8 Å². The highest BCUT2D eigenvalue weighted by Gasteiger charge is 2.39. The fourth-order valence-electron chi connectivity index (χ4n) is 4.01. The molecule has 6 heteroatoms. The van der Waals surface area contributed by atoms with Gasteiger partial charge in [0.1, 0.15) is 0 Å². The van der Waals surface area contributed by atoms with Crippen molar-refractivity contribution in [2.24, 2.45) is 13.0 Å². The van der Waals surface area contributed by atoms with E-state index in [1.165, 1.54) is 18.4 Å². The smallest absolute Gasteiger partial charge is 0.227 e. The number of nitrogens with zero attached hydrogens (tertiary/aromatic N) is 4. The third kappa shape index (κ3) is 3.79. The van der Waals surface area contributed by atoms with Crippen LogP contribution in [0.2, 0.25) is 0 Å². The summed E-state index contributed by atoms with van der Waals surface area (Å²) in [5, 5.41) is 4.16. The highest BCUT2D eigenvalue weighted by Crippen LogP contribution is 2.30. The van der Waals surface area contributed by atoms with Crippen LogP contribution in [-0.4, -0.2) is 57.6 Å². The van der Waals surface area contributed by atoms with Crippen molar-refractivity contribution in [2.45, 2.75) is 51.0 Å². The monoisotopic (exact) mass is 332 g/mol. The molecule has 1 saturated carbocycles. The fraction of sp³-hybridized carbons (Fsp3) is 0.722. The second kappa shape index (κ2) is 7.36. The zero-order chi connectivity index (χ0) is 17.1. The summed E-state index contributed by atoms with van der Waals surface area (Å²) < 4.78 is 1.80. The maximum Gasteiger partial charge on any atom is 0.227 e. The van der Waals surface area contributed by atoms with Gasteiger partial charge in [-0.1, -0.05) is 12.8 Å². The number of hydrogen-bond donors (Lipinski definition) is 0. The van der Waals surface area contributed by atoms with Gasteiger partial charge in [0.05, 0.1) is 12.1 Å². The Morgan fingerprint density at radius 1 is 1.38 bits per heavy atom. The lowest BCUT2D eigenvalue weighted by Gasteiger charge is -2.25. The molecule has 0 spiro atoms. The Bertz CT molecular complexity index is 592. The maximum absolute atomic E-state index is 12.6. The number of aryl methyl sites for hydroxylation is 2. The van der Waals surface area contributed by atoms with Gasteiger partial charge in [-0.3, -0.25) is 14.3 Å². The van der Waals surface area contributed by atoms with Crippen molar-refractivity contribution < 1.29 is 9.59 Å². The third-order valence-corrected chi connectivity index (χ3v) is 5.37. The first kappa shape index (κ1) is 17.0. The number of hydrogen-bond acceptors (Lipinski definition) is 3. The van der Waals surface area contributed by atoms with Crippen molar-refractivity contribution >= 4 is 11.8 Å². The third-order valence-electron chi connectivity index (χ3n) is 5.37. The van der Waals surface area contributed by atoms with Gasteiger partial charge in [-0.15, -0.1) is 0 Å². The van der Waals surface area contributed by atoms with E-state index >= 15 is 0 Å². The van der Waals surface area contributed by atoms with Gasteiger partial charge in [-0.25, -0.2) is 0 Å². The predicted molar refractivity (Wildman–Crippen MR) is 91.2 cm³/mol. The Labute approximate surface area is 143 Å². The highest BCUT2D eigenvalue weighted by molar-refractivity contribution is 5.89. The van der Waals surface area contributed by atoms with Crippen LogP contribution in [0.5, 0.6) is 0 Å². The average molecular weight is 332 g/mol. The van der Waals surface area contributed by atoms with Gasteiger partial charge in [0.2, 0.25) is 11.8 Å². The maximum atomic E-state index is 12.6. The molecule has 0 bridgehead atoms. The molecule has 0 aromatic carbocycles. The van der Waals surface area contributed by atoms with Crippen LogP contribution in [-0.2, 0) is 23.1 Å². The zero-order valence-electron chi connectivity index (χ0n) is 14.8. The predicted octanol–water partition coefficient (Wildman–Crippen LogP) is 1.60. The molecule has 0 N–H and O–H groups in total. The number of aromatic nitrogens is 2. The van der Waals surface area contributed by atoms with Crippen molar-refractivity contribution in [3.8, 4) is 0 Å². The quantitative estimate of drug-likeness (QED) is 0.795. The molecule has 132 valence electrons. The first-order chi connectivity index (χ1) is 11.5. The second-order valence-corrected chi connectivity index (χ2v) is 7.27. The molecule has 1 aliphatic carbocycles. The summed E-state index contributed by atoms with van der Waals surface area (Å²) in [6, 6.07) is 0.381. The van der Waals surface area contributed by atoms with E-state index in [0.717, 1.165) is 32.2 Å². The van der Waals surface area contributed by atoms with Crippen LogP contribution >= 0.6 is 0 Å². The van der Waals surface area contributed by atoms with Crippen LogP contribution in [0, 0.1) is 5.92 Å². The number of carbonyl (C=O) groups is 2. The van der Waals surface area contributed by atoms with Crippen molar-refractivity contribution in [3.05, 3.63) is 18.0 Å². The molecule has 0 unspecified atom stereocenters. The molecule has 24 heavy (non-hydrogen) atoms. The SMILES string of the molecule is CN(CCCc1cnn(C)c1)C(=O)[C@@H]1CC(=O)N(C2CCCC2)C1. The van der Waals surface area contributed by atoms with E-state index in [4.69, 9.17) is 0 Å². The second-order valence-electron chi connectivity index (χ2n) is 7.27. The Hall–Kier alpha value is -1.85. The molecule has 1 aromatic rings. The molecular formula is C18H28N4O2. The minimum Gasteiger partial charge on any atom is -0.345 e. The summed E-state index contributed by atoms with van der Waals surface area (Å²) in [6.07, 6.45) is 10.7. The van der Waals surface area contributed by atoms with Crippen molar-refractivity contribution in [1.29, 1.82) is 0 Å². The molecule has 2 fully saturated rings. The van der Waals surface area contributed by atoms with E-state index in [1.807, 2.05) is 31.4 Å². The number of rotatable bonds is 6. The minimum atomic E-state index is -0.151. The standard InChI is InChI=1S/C18H28N4O2/c1-20(9-5-6-14-11-19-21(2)12-14)18(24)15-10-17(23)22(13-15)16-7-3-4-8-16/h11-12,15-16H,3-10,13H2,1-2H3/t15-/m1/s1. The molecule has 1 saturated heterocycles. The molecule has 2 amide bonds. The summed E-state index contributed by atoms with van der Waals surface area (Å²) in [7, 11) is 3.76. The van der Waals surface area contributed by atoms with Gasteiger partial charge >= 0.3 is 0 Å². The lowest BCUT2D eigenvalue weighted by molar-refractivity contribution is -0.134. The van der Waals surface area contributed by atoms with E-state index < -0.39 is 0 Å². The van der Waals surface area contributed by atoms with Gasteiger partial charge in [0.25, 0.3) is 0 Å². The summed E-state index contributed by atoms with van der Waals surface area (Å²) in [6.45, 7) is 1.34. The Kier molecular flexibility index (Phi) is 5.21. The Balaban J connectivity index is 1.46. The highest BCUT2D eigenvalue weighted by atomic mass is 16.2. The molecule has 2 aliphatic rings. The Morgan fingerprint density at radius 3 is 2.79 bits per heavy atom. The lowest BCUT2D eigenvalue weighted by atomic mass is 10.1. The van der Waals surface area contributed by atoms with Crippen LogP contribution < -0.4 is 0 Å². The molecule has 3 rings (SSSR count). The van der Waals surface area contributed by atoms with Gasteiger partial charge in [-0.05, 0) is 31.2 Å². The summed E-state index contributed by atoms with van der Waals surface area (Å²) in [5.41, 5.74) is 1.20. The van der Waals surface area contributed by atoms with Crippen molar-refractivity contribution in [3.63, 3.8) is 0 Å². The van der Waals surface area contributed by atoms with Crippen molar-refractivity contribution in [1.82, 2.24) is 19.6 Å².